The number of halogens is 1. The second-order valence-corrected chi connectivity index (χ2v) is 13.4. The van der Waals surface area contributed by atoms with Gasteiger partial charge in [-0.15, -0.1) is 0 Å². The number of hydrogen-bond donors (Lipinski definition) is 1. The second-order valence-electron chi connectivity index (χ2n) is 12.2. The number of benzene rings is 3. The topological polar surface area (TPSA) is 79.0 Å². The number of amides is 3. The number of nitrogens with one attached hydrogen (secondary N) is 1. The van der Waals surface area contributed by atoms with Crippen molar-refractivity contribution < 1.29 is 19.1 Å². The van der Waals surface area contributed by atoms with Crippen molar-refractivity contribution in [3.05, 3.63) is 87.0 Å². The molecule has 2 heterocycles. The molecular formula is C34H38IN3O4. The predicted octanol–water partition coefficient (Wildman–Crippen LogP) is 6.61. The standard InChI is InChI=1S/C34H38IN3O4/c1-34(2,3)29-13-10-24(18-30(29)35)33(41)37-16-14-23(15-17-37)22-8-11-26(12-9-22)36-32(40)25-19-31(39)38(21-25)27-6-5-7-28(20-27)42-4/h5-13,18,20,23,25H,14-17,19,21H2,1-4H3,(H,36,40). The molecule has 3 aromatic carbocycles. The summed E-state index contributed by atoms with van der Waals surface area (Å²) in [6, 6.07) is 21.4. The van der Waals surface area contributed by atoms with Gasteiger partial charge in [0.25, 0.3) is 5.91 Å². The molecule has 0 aliphatic carbocycles. The summed E-state index contributed by atoms with van der Waals surface area (Å²) in [5.74, 6) is 0.495. The fourth-order valence-electron chi connectivity index (χ4n) is 5.85. The van der Waals surface area contributed by atoms with Gasteiger partial charge in [-0.3, -0.25) is 14.4 Å². The molecule has 2 saturated heterocycles. The number of hydrogen-bond acceptors (Lipinski definition) is 4. The van der Waals surface area contributed by atoms with Gasteiger partial charge in [-0.05, 0) is 94.3 Å². The molecular weight excluding hydrogens is 641 g/mol. The lowest BCUT2D eigenvalue weighted by Gasteiger charge is -2.32. The van der Waals surface area contributed by atoms with Crippen LogP contribution in [0.1, 0.15) is 67.4 Å². The van der Waals surface area contributed by atoms with Crippen molar-refractivity contribution >= 4 is 51.7 Å². The van der Waals surface area contributed by atoms with Crippen LogP contribution in [0.25, 0.3) is 0 Å². The zero-order valence-corrected chi connectivity index (χ0v) is 26.8. The summed E-state index contributed by atoms with van der Waals surface area (Å²) in [6.45, 7) is 8.34. The van der Waals surface area contributed by atoms with Crippen LogP contribution in [0.2, 0.25) is 0 Å². The molecule has 2 fully saturated rings. The quantitative estimate of drug-likeness (QED) is 0.298. The first-order valence-electron chi connectivity index (χ1n) is 14.5. The average molecular weight is 680 g/mol. The van der Waals surface area contributed by atoms with Gasteiger partial charge in [-0.25, -0.2) is 0 Å². The zero-order chi connectivity index (χ0) is 30.0. The molecule has 0 radical (unpaired) electrons. The number of likely N-dealkylation sites (tertiary alicyclic amines) is 1. The molecule has 0 aromatic heterocycles. The smallest absolute Gasteiger partial charge is 0.253 e. The number of methoxy groups -OCH3 is 1. The average Bonchev–Trinajstić information content (AvgIpc) is 3.38. The van der Waals surface area contributed by atoms with Gasteiger partial charge in [-0.1, -0.05) is 45.0 Å². The van der Waals surface area contributed by atoms with E-state index in [9.17, 15) is 14.4 Å². The number of ether oxygens (including phenoxy) is 1. The van der Waals surface area contributed by atoms with Gasteiger partial charge in [0.05, 0.1) is 13.0 Å². The van der Waals surface area contributed by atoms with Gasteiger partial charge < -0.3 is 19.9 Å². The first kappa shape index (κ1) is 30.1. The summed E-state index contributed by atoms with van der Waals surface area (Å²) in [7, 11) is 1.59. The van der Waals surface area contributed by atoms with E-state index in [1.807, 2.05) is 53.4 Å². The van der Waals surface area contributed by atoms with Gasteiger partial charge in [0, 0.05) is 52.6 Å². The van der Waals surface area contributed by atoms with E-state index in [4.69, 9.17) is 4.74 Å². The molecule has 1 unspecified atom stereocenters. The molecule has 1 N–H and O–H groups in total. The zero-order valence-electron chi connectivity index (χ0n) is 24.7. The molecule has 7 nitrogen and oxygen atoms in total. The van der Waals surface area contributed by atoms with E-state index in [0.717, 1.165) is 46.4 Å². The Kier molecular flexibility index (Phi) is 8.92. The predicted molar refractivity (Wildman–Crippen MR) is 174 cm³/mol. The Labute approximate surface area is 261 Å². The van der Waals surface area contributed by atoms with Crippen molar-refractivity contribution in [3.8, 4) is 5.75 Å². The van der Waals surface area contributed by atoms with E-state index in [1.54, 1.807) is 12.0 Å². The molecule has 8 heteroatoms. The Bertz CT molecular complexity index is 1470. The van der Waals surface area contributed by atoms with Crippen molar-refractivity contribution in [2.75, 3.05) is 37.0 Å². The van der Waals surface area contributed by atoms with Gasteiger partial charge >= 0.3 is 0 Å². The minimum atomic E-state index is -0.418. The molecule has 3 aromatic rings. The Morgan fingerprint density at radius 2 is 1.69 bits per heavy atom. The molecule has 1 atom stereocenters. The van der Waals surface area contributed by atoms with E-state index in [-0.39, 0.29) is 29.6 Å². The molecule has 2 aliphatic heterocycles. The van der Waals surface area contributed by atoms with Crippen LogP contribution in [0.5, 0.6) is 5.75 Å². The summed E-state index contributed by atoms with van der Waals surface area (Å²) in [6.07, 6.45) is 1.98. The monoisotopic (exact) mass is 679 g/mol. The van der Waals surface area contributed by atoms with Gasteiger partial charge in [0.1, 0.15) is 5.75 Å². The SMILES string of the molecule is COc1cccc(N2CC(C(=O)Nc3ccc(C4CCN(C(=O)c5ccc(C(C)(C)C)c(I)c5)CC4)cc3)CC2=O)c1. The molecule has 0 saturated carbocycles. The van der Waals surface area contributed by atoms with Crippen molar-refractivity contribution in [3.63, 3.8) is 0 Å². The first-order valence-corrected chi connectivity index (χ1v) is 15.6. The lowest BCUT2D eigenvalue weighted by molar-refractivity contribution is -0.122. The maximum atomic E-state index is 13.2. The van der Waals surface area contributed by atoms with Gasteiger partial charge in [-0.2, -0.15) is 0 Å². The highest BCUT2D eigenvalue weighted by Crippen LogP contribution is 2.32. The van der Waals surface area contributed by atoms with Crippen LogP contribution in [-0.4, -0.2) is 49.4 Å². The summed E-state index contributed by atoms with van der Waals surface area (Å²) >= 11 is 2.34. The number of nitrogens with zero attached hydrogens (tertiary/aromatic N) is 2. The molecule has 0 spiro atoms. The van der Waals surface area contributed by atoms with Crippen molar-refractivity contribution in [2.45, 2.75) is 51.4 Å². The van der Waals surface area contributed by atoms with E-state index in [1.165, 1.54) is 11.1 Å². The first-order chi connectivity index (χ1) is 20.0. The largest absolute Gasteiger partial charge is 0.497 e. The minimum absolute atomic E-state index is 0.0447. The Morgan fingerprint density at radius 3 is 2.33 bits per heavy atom. The highest BCUT2D eigenvalue weighted by molar-refractivity contribution is 14.1. The fraction of sp³-hybridized carbons (Fsp3) is 0.382. The van der Waals surface area contributed by atoms with Gasteiger partial charge in [0.15, 0.2) is 0 Å². The number of anilines is 2. The van der Waals surface area contributed by atoms with Crippen LogP contribution in [0.15, 0.2) is 66.7 Å². The Balaban J connectivity index is 1.14. The number of carbonyl (C=O) groups excluding carboxylic acids is 3. The van der Waals surface area contributed by atoms with Crippen molar-refractivity contribution in [2.24, 2.45) is 5.92 Å². The lowest BCUT2D eigenvalue weighted by Crippen LogP contribution is -2.38. The summed E-state index contributed by atoms with van der Waals surface area (Å²) in [5.41, 5.74) is 4.72. The maximum absolute atomic E-state index is 13.2. The molecule has 42 heavy (non-hydrogen) atoms. The molecule has 2 aliphatic rings. The molecule has 220 valence electrons. The Morgan fingerprint density at radius 1 is 0.976 bits per heavy atom. The number of carbonyl (C=O) groups is 3. The van der Waals surface area contributed by atoms with Crippen LogP contribution in [-0.2, 0) is 15.0 Å². The van der Waals surface area contributed by atoms with Crippen LogP contribution in [0.3, 0.4) is 0 Å². The van der Waals surface area contributed by atoms with E-state index in [0.29, 0.717) is 18.2 Å². The summed E-state index contributed by atoms with van der Waals surface area (Å²) < 4.78 is 6.40. The number of piperidine rings is 1. The van der Waals surface area contributed by atoms with Gasteiger partial charge in [0.2, 0.25) is 11.8 Å². The third-order valence-corrected chi connectivity index (χ3v) is 9.21. The van der Waals surface area contributed by atoms with Crippen LogP contribution >= 0.6 is 22.6 Å². The van der Waals surface area contributed by atoms with Crippen LogP contribution in [0, 0.1) is 9.49 Å². The Hall–Kier alpha value is -3.40. The third-order valence-electron chi connectivity index (χ3n) is 8.32. The molecule has 0 bridgehead atoms. The molecule has 3 amide bonds. The number of rotatable bonds is 6. The molecule has 5 rings (SSSR count). The van der Waals surface area contributed by atoms with E-state index in [2.05, 4.69) is 66.9 Å². The van der Waals surface area contributed by atoms with Crippen LogP contribution < -0.4 is 15.0 Å². The lowest BCUT2D eigenvalue weighted by atomic mass is 9.86. The fourth-order valence-corrected chi connectivity index (χ4v) is 7.17. The highest BCUT2D eigenvalue weighted by atomic mass is 127. The van der Waals surface area contributed by atoms with Crippen molar-refractivity contribution in [1.29, 1.82) is 0 Å². The minimum Gasteiger partial charge on any atom is -0.497 e. The summed E-state index contributed by atoms with van der Waals surface area (Å²) in [5, 5.41) is 2.99. The normalized spacial score (nSPS) is 17.8. The van der Waals surface area contributed by atoms with Crippen molar-refractivity contribution in [1.82, 2.24) is 4.90 Å². The highest BCUT2D eigenvalue weighted by Gasteiger charge is 2.35. The van der Waals surface area contributed by atoms with Crippen LogP contribution in [0.4, 0.5) is 11.4 Å². The van der Waals surface area contributed by atoms with E-state index < -0.39 is 5.92 Å². The van der Waals surface area contributed by atoms with E-state index >= 15 is 0 Å². The second kappa shape index (κ2) is 12.5. The summed E-state index contributed by atoms with van der Waals surface area (Å²) in [4.78, 5) is 42.5. The maximum Gasteiger partial charge on any atom is 0.253 e. The third kappa shape index (κ3) is 6.64.